The van der Waals surface area contributed by atoms with Crippen LogP contribution in [0.25, 0.3) is 0 Å². The lowest BCUT2D eigenvalue weighted by atomic mass is 9.76. The first kappa shape index (κ1) is 32.9. The summed E-state index contributed by atoms with van der Waals surface area (Å²) in [5, 5.41) is 9.26. The Labute approximate surface area is 226 Å². The smallest absolute Gasteiger partial charge is 0.242 e. The molecule has 212 valence electrons. The van der Waals surface area contributed by atoms with Gasteiger partial charge in [-0.15, -0.1) is 13.2 Å². The van der Waals surface area contributed by atoms with Crippen molar-refractivity contribution in [3.05, 3.63) is 25.3 Å². The molecule has 1 aliphatic rings. The van der Waals surface area contributed by atoms with Crippen molar-refractivity contribution in [2.45, 2.75) is 130 Å². The Kier molecular flexibility index (Phi) is 16.2. The van der Waals surface area contributed by atoms with E-state index in [1.54, 1.807) is 6.08 Å². The van der Waals surface area contributed by atoms with E-state index in [1.165, 1.54) is 19.3 Å². The van der Waals surface area contributed by atoms with Gasteiger partial charge in [0.05, 0.1) is 5.41 Å². The third kappa shape index (κ3) is 11.9. The second-order valence-electron chi connectivity index (χ2n) is 11.4. The number of carbonyl (C=O) groups is 3. The summed E-state index contributed by atoms with van der Waals surface area (Å²) >= 11 is 0. The van der Waals surface area contributed by atoms with Crippen LogP contribution in [0.1, 0.15) is 118 Å². The van der Waals surface area contributed by atoms with Crippen LogP contribution in [0.3, 0.4) is 0 Å². The number of hydrogen-bond acceptors (Lipinski definition) is 3. The number of rotatable bonds is 21. The fraction of sp³-hybridized carbons (Fsp3) is 0.774. The maximum Gasteiger partial charge on any atom is 0.242 e. The van der Waals surface area contributed by atoms with Crippen molar-refractivity contribution in [2.24, 2.45) is 17.3 Å². The van der Waals surface area contributed by atoms with Gasteiger partial charge in [-0.05, 0) is 63.7 Å². The van der Waals surface area contributed by atoms with Gasteiger partial charge in [0, 0.05) is 18.5 Å². The Bertz CT molecular complexity index is 720. The summed E-state index contributed by atoms with van der Waals surface area (Å²) in [6.45, 7) is 16.7. The summed E-state index contributed by atoms with van der Waals surface area (Å²) < 4.78 is 0. The van der Waals surface area contributed by atoms with Crippen LogP contribution in [0.15, 0.2) is 25.3 Å². The van der Waals surface area contributed by atoms with Crippen LogP contribution < -0.4 is 16.0 Å². The molecule has 2 unspecified atom stereocenters. The first-order valence-corrected chi connectivity index (χ1v) is 14.8. The predicted molar refractivity (Wildman–Crippen MR) is 154 cm³/mol. The van der Waals surface area contributed by atoms with E-state index in [2.05, 4.69) is 49.9 Å². The number of allylic oxidation sites excluding steroid dienone is 2. The maximum atomic E-state index is 13.5. The zero-order valence-corrected chi connectivity index (χ0v) is 24.2. The summed E-state index contributed by atoms with van der Waals surface area (Å²) in [4.78, 5) is 39.5. The Morgan fingerprint density at radius 1 is 1.00 bits per heavy atom. The van der Waals surface area contributed by atoms with Gasteiger partial charge < -0.3 is 16.0 Å². The van der Waals surface area contributed by atoms with Crippen molar-refractivity contribution >= 4 is 17.7 Å². The molecule has 0 bridgehead atoms. The molecule has 37 heavy (non-hydrogen) atoms. The molecule has 3 amide bonds. The molecule has 0 radical (unpaired) electrons. The normalized spacial score (nSPS) is 19.6. The van der Waals surface area contributed by atoms with E-state index in [4.69, 9.17) is 0 Å². The van der Waals surface area contributed by atoms with E-state index in [1.807, 2.05) is 13.0 Å². The fourth-order valence-electron chi connectivity index (χ4n) is 5.44. The number of hydrogen-bond donors (Lipinski definition) is 3. The van der Waals surface area contributed by atoms with Crippen molar-refractivity contribution in [1.82, 2.24) is 16.0 Å². The number of amides is 3. The Morgan fingerprint density at radius 3 is 2.27 bits per heavy atom. The third-order valence-corrected chi connectivity index (χ3v) is 7.71. The molecule has 1 fully saturated rings. The van der Waals surface area contributed by atoms with Crippen LogP contribution in [0.2, 0.25) is 0 Å². The van der Waals surface area contributed by atoms with E-state index in [0.29, 0.717) is 25.8 Å². The second kappa shape index (κ2) is 18.2. The summed E-state index contributed by atoms with van der Waals surface area (Å²) in [5.74, 6) is 0.0788. The number of carbonyl (C=O) groups excluding carboxylic acids is 3. The van der Waals surface area contributed by atoms with Gasteiger partial charge in [-0.3, -0.25) is 14.4 Å². The Hall–Kier alpha value is -2.11. The summed E-state index contributed by atoms with van der Waals surface area (Å²) in [5.41, 5.74) is -0.513. The van der Waals surface area contributed by atoms with Crippen LogP contribution in [-0.4, -0.2) is 36.3 Å². The Balaban J connectivity index is 2.88. The van der Waals surface area contributed by atoms with Crippen LogP contribution in [0.5, 0.6) is 0 Å². The lowest BCUT2D eigenvalue weighted by Gasteiger charge is -2.31. The molecule has 4 atom stereocenters. The van der Waals surface area contributed by atoms with E-state index >= 15 is 0 Å². The minimum atomic E-state index is -0.573. The minimum absolute atomic E-state index is 0.00768. The van der Waals surface area contributed by atoms with E-state index in [0.717, 1.165) is 51.4 Å². The molecule has 6 heteroatoms. The molecule has 0 aromatic heterocycles. The monoisotopic (exact) mass is 517 g/mol. The summed E-state index contributed by atoms with van der Waals surface area (Å²) in [6.07, 6.45) is 16.3. The molecule has 1 saturated heterocycles. The average Bonchev–Trinajstić information content (AvgIpc) is 3.21. The molecule has 3 N–H and O–H groups in total. The quantitative estimate of drug-likeness (QED) is 0.125. The molecule has 0 saturated carbocycles. The first-order chi connectivity index (χ1) is 17.7. The van der Waals surface area contributed by atoms with Crippen molar-refractivity contribution in [2.75, 3.05) is 6.54 Å². The zero-order chi connectivity index (χ0) is 27.7. The highest BCUT2D eigenvalue weighted by molar-refractivity contribution is 5.89. The largest absolute Gasteiger partial charge is 0.356 e. The number of unbranched alkanes of at least 4 members (excludes halogenated alkanes) is 5. The highest BCUT2D eigenvalue weighted by Crippen LogP contribution is 2.37. The Morgan fingerprint density at radius 2 is 1.70 bits per heavy atom. The molecule has 0 spiro atoms. The van der Waals surface area contributed by atoms with Crippen LogP contribution in [0.4, 0.5) is 0 Å². The highest BCUT2D eigenvalue weighted by atomic mass is 16.2. The maximum absolute atomic E-state index is 13.5. The lowest BCUT2D eigenvalue weighted by Crippen LogP contribution is -2.52. The van der Waals surface area contributed by atoms with Gasteiger partial charge in [-0.2, -0.15) is 0 Å². The van der Waals surface area contributed by atoms with Crippen molar-refractivity contribution in [3.63, 3.8) is 0 Å². The molecular formula is C31H55N3O3. The van der Waals surface area contributed by atoms with Crippen LogP contribution >= 0.6 is 0 Å². The van der Waals surface area contributed by atoms with Crippen molar-refractivity contribution in [1.29, 1.82) is 0 Å². The molecular weight excluding hydrogens is 462 g/mol. The van der Waals surface area contributed by atoms with Gasteiger partial charge >= 0.3 is 0 Å². The first-order valence-electron chi connectivity index (χ1n) is 14.8. The third-order valence-electron chi connectivity index (χ3n) is 7.71. The predicted octanol–water partition coefficient (Wildman–Crippen LogP) is 6.22. The molecule has 6 nitrogen and oxygen atoms in total. The second-order valence-corrected chi connectivity index (χ2v) is 11.4. The number of nitrogens with one attached hydrogen (secondary N) is 3. The molecule has 1 aliphatic heterocycles. The topological polar surface area (TPSA) is 87.3 Å². The van der Waals surface area contributed by atoms with E-state index in [9.17, 15) is 14.4 Å². The molecule has 1 heterocycles. The van der Waals surface area contributed by atoms with Gasteiger partial charge in [-0.25, -0.2) is 0 Å². The lowest BCUT2D eigenvalue weighted by molar-refractivity contribution is -0.132. The standard InChI is InChI=1S/C31H55N3O3/c1-7-11-13-14-16-18-25(17-15-12-8-2)28(35)34-27(22-24(5)6)29(36)33-26(10-4)23-31(19-9-3)20-21-32-30(31)37/h8-9,24-27H,2-3,7,10-23H2,1,4-6H3,(H,32,37)(H,33,36)(H,34,35)/t25?,26-,27+,31?/m1/s1. The summed E-state index contributed by atoms with van der Waals surface area (Å²) in [6, 6.07) is -0.707. The molecule has 0 aliphatic carbocycles. The zero-order valence-electron chi connectivity index (χ0n) is 24.2. The van der Waals surface area contributed by atoms with Gasteiger partial charge in [0.2, 0.25) is 17.7 Å². The van der Waals surface area contributed by atoms with Crippen LogP contribution in [0, 0.1) is 17.3 Å². The van der Waals surface area contributed by atoms with Gasteiger partial charge in [0.25, 0.3) is 0 Å². The minimum Gasteiger partial charge on any atom is -0.356 e. The van der Waals surface area contributed by atoms with E-state index < -0.39 is 11.5 Å². The van der Waals surface area contributed by atoms with Crippen molar-refractivity contribution < 1.29 is 14.4 Å². The highest BCUT2D eigenvalue weighted by Gasteiger charge is 2.43. The van der Waals surface area contributed by atoms with Gasteiger partial charge in [-0.1, -0.05) is 72.0 Å². The van der Waals surface area contributed by atoms with Gasteiger partial charge in [0.1, 0.15) is 6.04 Å². The van der Waals surface area contributed by atoms with Gasteiger partial charge in [0.15, 0.2) is 0 Å². The summed E-state index contributed by atoms with van der Waals surface area (Å²) in [7, 11) is 0. The van der Waals surface area contributed by atoms with Crippen molar-refractivity contribution in [3.8, 4) is 0 Å². The molecule has 0 aromatic rings. The fourth-order valence-corrected chi connectivity index (χ4v) is 5.44. The molecule has 1 rings (SSSR count). The average molecular weight is 518 g/mol. The molecule has 0 aromatic carbocycles. The SMILES string of the molecule is C=CCCCC(CCCCCCC)C(=O)N[C@@H](CC(C)C)C(=O)N[C@H](CC)CC1(CC=C)CCNC1=O. The van der Waals surface area contributed by atoms with E-state index in [-0.39, 0.29) is 35.6 Å². The van der Waals surface area contributed by atoms with Crippen LogP contribution in [-0.2, 0) is 14.4 Å².